The molecule has 3 aromatic rings. The number of hydrogen-bond donors (Lipinski definition) is 0. The third-order valence-electron chi connectivity index (χ3n) is 4.64. The van der Waals surface area contributed by atoms with Gasteiger partial charge in [0, 0.05) is 0 Å². The van der Waals surface area contributed by atoms with Crippen molar-refractivity contribution in [3.63, 3.8) is 0 Å². The number of rotatable bonds is 5. The molecule has 0 amide bonds. The maximum atomic E-state index is 6.24. The van der Waals surface area contributed by atoms with E-state index in [1.807, 2.05) is 23.6 Å². The Morgan fingerprint density at radius 2 is 1.85 bits per heavy atom. The van der Waals surface area contributed by atoms with Crippen molar-refractivity contribution in [2.45, 2.75) is 32.4 Å². The summed E-state index contributed by atoms with van der Waals surface area (Å²) in [5.41, 5.74) is 4.81. The summed E-state index contributed by atoms with van der Waals surface area (Å²) in [4.78, 5) is 6.01. The smallest absolute Gasteiger partial charge is 0.119 e. The van der Waals surface area contributed by atoms with Crippen molar-refractivity contribution in [1.82, 2.24) is 0 Å². The second-order valence-corrected chi connectivity index (χ2v) is 7.89. The second-order valence-electron chi connectivity index (χ2n) is 6.57. The number of aliphatic imine (C=N–C) groups is 1. The van der Waals surface area contributed by atoms with Crippen LogP contribution in [0.1, 0.15) is 40.5 Å². The van der Waals surface area contributed by atoms with Crippen LogP contribution in [0.5, 0.6) is 5.75 Å². The molecule has 0 N–H and O–H groups in total. The van der Waals surface area contributed by atoms with Gasteiger partial charge < -0.3 is 4.74 Å². The highest BCUT2D eigenvalue weighted by Crippen LogP contribution is 2.35. The SMILES string of the molecule is Cc1ccc(COc2ccc(C3CCC(c4sccc4Cl)=N3)cc2)cc1. The molecule has 0 aliphatic carbocycles. The second kappa shape index (κ2) is 7.65. The summed E-state index contributed by atoms with van der Waals surface area (Å²) >= 11 is 7.91. The largest absolute Gasteiger partial charge is 0.489 e. The fraction of sp³-hybridized carbons (Fsp3) is 0.227. The zero-order valence-corrected chi connectivity index (χ0v) is 16.2. The van der Waals surface area contributed by atoms with Crippen molar-refractivity contribution >= 4 is 28.6 Å². The van der Waals surface area contributed by atoms with Crippen LogP contribution in [0.15, 0.2) is 65.0 Å². The molecule has 0 bridgehead atoms. The van der Waals surface area contributed by atoms with Gasteiger partial charge in [-0.25, -0.2) is 0 Å². The molecule has 0 saturated heterocycles. The molecule has 1 unspecified atom stereocenters. The van der Waals surface area contributed by atoms with Crippen LogP contribution in [0.3, 0.4) is 0 Å². The summed E-state index contributed by atoms with van der Waals surface area (Å²) in [6, 6.07) is 18.9. The van der Waals surface area contributed by atoms with Crippen molar-refractivity contribution < 1.29 is 4.74 Å². The predicted molar refractivity (Wildman–Crippen MR) is 110 cm³/mol. The highest BCUT2D eigenvalue weighted by Gasteiger charge is 2.22. The van der Waals surface area contributed by atoms with Crippen molar-refractivity contribution in [3.8, 4) is 5.75 Å². The Kier molecular flexibility index (Phi) is 5.09. The average Bonchev–Trinajstić information content (AvgIpc) is 3.30. The molecule has 2 aromatic carbocycles. The molecule has 0 spiro atoms. The fourth-order valence-corrected chi connectivity index (χ4v) is 4.33. The van der Waals surface area contributed by atoms with Gasteiger partial charge >= 0.3 is 0 Å². The molecule has 2 nitrogen and oxygen atoms in total. The molecule has 2 heterocycles. The summed E-state index contributed by atoms with van der Waals surface area (Å²) in [7, 11) is 0. The van der Waals surface area contributed by atoms with Gasteiger partial charge in [0.25, 0.3) is 0 Å². The summed E-state index contributed by atoms with van der Waals surface area (Å²) in [5, 5.41) is 2.84. The van der Waals surface area contributed by atoms with E-state index in [-0.39, 0.29) is 6.04 Å². The molecule has 0 fully saturated rings. The Hall–Kier alpha value is -2.10. The van der Waals surface area contributed by atoms with E-state index in [2.05, 4.69) is 43.3 Å². The van der Waals surface area contributed by atoms with Crippen LogP contribution in [-0.4, -0.2) is 5.71 Å². The lowest BCUT2D eigenvalue weighted by molar-refractivity contribution is 0.306. The number of aryl methyl sites for hydroxylation is 1. The molecule has 1 atom stereocenters. The van der Waals surface area contributed by atoms with Gasteiger partial charge in [-0.3, -0.25) is 4.99 Å². The Morgan fingerprint density at radius 1 is 1.08 bits per heavy atom. The molecule has 1 aromatic heterocycles. The van der Waals surface area contributed by atoms with E-state index in [0.29, 0.717) is 6.61 Å². The Balaban J connectivity index is 1.41. The molecule has 4 rings (SSSR count). The maximum absolute atomic E-state index is 6.24. The molecule has 0 saturated carbocycles. The zero-order valence-electron chi connectivity index (χ0n) is 14.6. The standard InChI is InChI=1S/C22H20ClNOS/c1-15-2-4-16(5-3-15)14-25-18-8-6-17(7-9-18)20-10-11-21(24-20)22-19(23)12-13-26-22/h2-9,12-13,20H,10-11,14H2,1H3. The van der Waals surface area contributed by atoms with Gasteiger partial charge in [0.2, 0.25) is 0 Å². The van der Waals surface area contributed by atoms with E-state index in [9.17, 15) is 0 Å². The van der Waals surface area contributed by atoms with Crippen LogP contribution < -0.4 is 4.74 Å². The fourth-order valence-electron chi connectivity index (χ4n) is 3.14. The normalized spacial score (nSPS) is 16.5. The van der Waals surface area contributed by atoms with Crippen LogP contribution in [0.2, 0.25) is 5.02 Å². The van der Waals surface area contributed by atoms with Crippen LogP contribution in [0.4, 0.5) is 0 Å². The maximum Gasteiger partial charge on any atom is 0.119 e. The summed E-state index contributed by atoms with van der Waals surface area (Å²) in [5.74, 6) is 0.887. The Labute approximate surface area is 163 Å². The Bertz CT molecular complexity index is 912. The molecular formula is C22H20ClNOS. The van der Waals surface area contributed by atoms with Gasteiger partial charge in [-0.15, -0.1) is 11.3 Å². The van der Waals surface area contributed by atoms with Crippen LogP contribution in [-0.2, 0) is 6.61 Å². The average molecular weight is 382 g/mol. The van der Waals surface area contributed by atoms with Gasteiger partial charge in [0.15, 0.2) is 0 Å². The van der Waals surface area contributed by atoms with Gasteiger partial charge in [0.05, 0.1) is 21.7 Å². The number of benzene rings is 2. The molecule has 4 heteroatoms. The highest BCUT2D eigenvalue weighted by atomic mass is 35.5. The Morgan fingerprint density at radius 3 is 2.54 bits per heavy atom. The molecule has 1 aliphatic heterocycles. The summed E-state index contributed by atoms with van der Waals surface area (Å²) < 4.78 is 5.89. The first-order chi connectivity index (χ1) is 12.7. The van der Waals surface area contributed by atoms with Gasteiger partial charge in [0.1, 0.15) is 12.4 Å². The molecule has 26 heavy (non-hydrogen) atoms. The number of ether oxygens (including phenoxy) is 1. The van der Waals surface area contributed by atoms with Crippen molar-refractivity contribution in [1.29, 1.82) is 0 Å². The van der Waals surface area contributed by atoms with Crippen LogP contribution in [0, 0.1) is 6.92 Å². The first kappa shape index (κ1) is 17.3. The van der Waals surface area contributed by atoms with E-state index in [0.717, 1.165) is 34.2 Å². The van der Waals surface area contributed by atoms with E-state index in [4.69, 9.17) is 21.3 Å². The predicted octanol–water partition coefficient (Wildman–Crippen LogP) is 6.61. The minimum absolute atomic E-state index is 0.217. The lowest BCUT2D eigenvalue weighted by Crippen LogP contribution is -1.96. The number of nitrogens with zero attached hydrogens (tertiary/aromatic N) is 1. The van der Waals surface area contributed by atoms with Gasteiger partial charge in [-0.2, -0.15) is 0 Å². The van der Waals surface area contributed by atoms with Crippen LogP contribution in [0.25, 0.3) is 0 Å². The lowest BCUT2D eigenvalue weighted by Gasteiger charge is -2.10. The topological polar surface area (TPSA) is 21.6 Å². The van der Waals surface area contributed by atoms with E-state index in [1.54, 1.807) is 11.3 Å². The quantitative estimate of drug-likeness (QED) is 0.487. The minimum atomic E-state index is 0.217. The first-order valence-corrected chi connectivity index (χ1v) is 10.0. The minimum Gasteiger partial charge on any atom is -0.489 e. The third-order valence-corrected chi connectivity index (χ3v) is 6.03. The van der Waals surface area contributed by atoms with E-state index < -0.39 is 0 Å². The molecule has 1 aliphatic rings. The molecule has 132 valence electrons. The third kappa shape index (κ3) is 3.84. The zero-order chi connectivity index (χ0) is 17.9. The van der Waals surface area contributed by atoms with Crippen molar-refractivity contribution in [2.24, 2.45) is 4.99 Å². The summed E-state index contributed by atoms with van der Waals surface area (Å²) in [6.45, 7) is 2.68. The highest BCUT2D eigenvalue weighted by molar-refractivity contribution is 7.12. The lowest BCUT2D eigenvalue weighted by atomic mass is 10.0. The van der Waals surface area contributed by atoms with Crippen LogP contribution >= 0.6 is 22.9 Å². The number of halogens is 1. The molecular weight excluding hydrogens is 362 g/mol. The van der Waals surface area contributed by atoms with E-state index >= 15 is 0 Å². The first-order valence-electron chi connectivity index (χ1n) is 8.77. The van der Waals surface area contributed by atoms with E-state index in [1.165, 1.54) is 16.7 Å². The van der Waals surface area contributed by atoms with Gasteiger partial charge in [-0.05, 0) is 54.5 Å². The van der Waals surface area contributed by atoms with Crippen molar-refractivity contribution in [2.75, 3.05) is 0 Å². The number of hydrogen-bond acceptors (Lipinski definition) is 3. The summed E-state index contributed by atoms with van der Waals surface area (Å²) in [6.07, 6.45) is 2.02. The molecule has 0 radical (unpaired) electrons. The van der Waals surface area contributed by atoms with Gasteiger partial charge in [-0.1, -0.05) is 53.6 Å². The van der Waals surface area contributed by atoms with Crippen molar-refractivity contribution in [3.05, 3.63) is 86.6 Å². The number of thiophene rings is 1. The monoisotopic (exact) mass is 381 g/mol.